The molecule has 0 radical (unpaired) electrons. The van der Waals surface area contributed by atoms with Gasteiger partial charge in [-0.1, -0.05) is 6.07 Å². The number of benzene rings is 1. The molecule has 1 aromatic heterocycles. The van der Waals surface area contributed by atoms with Crippen molar-refractivity contribution < 1.29 is 14.5 Å². The van der Waals surface area contributed by atoms with E-state index in [1.165, 1.54) is 6.07 Å². The van der Waals surface area contributed by atoms with Gasteiger partial charge in [0.25, 0.3) is 11.6 Å². The minimum atomic E-state index is -0.475. The summed E-state index contributed by atoms with van der Waals surface area (Å²) < 4.78 is 5.56. The number of carbonyl (C=O) groups is 1. The average molecular weight is 411 g/mol. The third-order valence-electron chi connectivity index (χ3n) is 5.23. The van der Waals surface area contributed by atoms with E-state index >= 15 is 0 Å². The summed E-state index contributed by atoms with van der Waals surface area (Å²) in [6.45, 7) is 4.73. The van der Waals surface area contributed by atoms with Gasteiger partial charge in [0.15, 0.2) is 0 Å². The van der Waals surface area contributed by atoms with Gasteiger partial charge in [-0.05, 0) is 43.5 Å². The number of hydrogen-bond donors (Lipinski definition) is 2. The number of morpholine rings is 1. The van der Waals surface area contributed by atoms with Gasteiger partial charge in [-0.2, -0.15) is 0 Å². The Labute approximate surface area is 174 Å². The lowest BCUT2D eigenvalue weighted by Crippen LogP contribution is -2.41. The van der Waals surface area contributed by atoms with Gasteiger partial charge < -0.3 is 20.3 Å². The molecule has 9 nitrogen and oxygen atoms in total. The highest BCUT2D eigenvalue weighted by Crippen LogP contribution is 2.27. The van der Waals surface area contributed by atoms with Crippen molar-refractivity contribution in [1.29, 1.82) is 0 Å². The fraction of sp³-hybridized carbons (Fsp3) is 0.429. The summed E-state index contributed by atoms with van der Waals surface area (Å²) in [5, 5.41) is 17.4. The number of nitrogens with one attached hydrogen (secondary N) is 2. The van der Waals surface area contributed by atoms with E-state index < -0.39 is 4.92 Å². The van der Waals surface area contributed by atoms with Crippen LogP contribution < -0.4 is 15.5 Å². The Morgan fingerprint density at radius 2 is 2.17 bits per heavy atom. The molecule has 2 aromatic rings. The number of pyridine rings is 1. The molecule has 4 rings (SSSR count). The van der Waals surface area contributed by atoms with E-state index in [1.807, 2.05) is 19.1 Å². The summed E-state index contributed by atoms with van der Waals surface area (Å²) in [7, 11) is 0. The van der Waals surface area contributed by atoms with Gasteiger partial charge >= 0.3 is 0 Å². The first kappa shape index (κ1) is 20.1. The van der Waals surface area contributed by atoms with Crippen molar-refractivity contribution in [2.45, 2.75) is 38.5 Å². The quantitative estimate of drug-likeness (QED) is 0.532. The zero-order chi connectivity index (χ0) is 21.1. The summed E-state index contributed by atoms with van der Waals surface area (Å²) in [6, 6.07) is 8.62. The van der Waals surface area contributed by atoms with Crippen LogP contribution in [-0.2, 0) is 11.3 Å². The van der Waals surface area contributed by atoms with E-state index in [1.54, 1.807) is 18.3 Å². The maximum Gasteiger partial charge on any atom is 0.293 e. The maximum absolute atomic E-state index is 12.2. The molecule has 2 N–H and O–H groups in total. The topological polar surface area (TPSA) is 110 Å². The van der Waals surface area contributed by atoms with Crippen LogP contribution in [0.4, 0.5) is 17.2 Å². The lowest BCUT2D eigenvalue weighted by atomic mass is 10.1. The molecule has 1 aliphatic carbocycles. The monoisotopic (exact) mass is 411 g/mol. The van der Waals surface area contributed by atoms with Crippen molar-refractivity contribution in [2.24, 2.45) is 0 Å². The maximum atomic E-state index is 12.2. The highest BCUT2D eigenvalue weighted by atomic mass is 16.6. The Bertz CT molecular complexity index is 929. The van der Waals surface area contributed by atoms with Crippen LogP contribution in [0.1, 0.15) is 35.7 Å². The van der Waals surface area contributed by atoms with Gasteiger partial charge in [0.2, 0.25) is 0 Å². The zero-order valence-corrected chi connectivity index (χ0v) is 16.8. The third-order valence-corrected chi connectivity index (χ3v) is 5.23. The number of anilines is 2. The SMILES string of the molecule is CC1CN(c2ccc(CNc3ccc(C(=O)NC4CC4)cc3[N+](=O)[O-])cn2)CCO1. The van der Waals surface area contributed by atoms with Crippen molar-refractivity contribution in [2.75, 3.05) is 29.9 Å². The number of rotatable bonds is 7. The molecular weight excluding hydrogens is 386 g/mol. The van der Waals surface area contributed by atoms with Crippen molar-refractivity contribution in [1.82, 2.24) is 10.3 Å². The molecule has 0 spiro atoms. The van der Waals surface area contributed by atoms with Gasteiger partial charge in [0.05, 0.1) is 17.6 Å². The minimum Gasteiger partial charge on any atom is -0.375 e. The lowest BCUT2D eigenvalue weighted by Gasteiger charge is -2.32. The highest BCUT2D eigenvalue weighted by Gasteiger charge is 2.25. The largest absolute Gasteiger partial charge is 0.375 e. The first-order valence-corrected chi connectivity index (χ1v) is 10.1. The molecule has 0 bridgehead atoms. The molecule has 2 fully saturated rings. The summed E-state index contributed by atoms with van der Waals surface area (Å²) in [5.74, 6) is 0.621. The Morgan fingerprint density at radius 3 is 2.83 bits per heavy atom. The molecule has 1 unspecified atom stereocenters. The number of nitrogens with zero attached hydrogens (tertiary/aromatic N) is 3. The van der Waals surface area contributed by atoms with E-state index in [9.17, 15) is 14.9 Å². The van der Waals surface area contributed by atoms with E-state index in [0.717, 1.165) is 37.3 Å². The molecule has 1 aromatic carbocycles. The summed E-state index contributed by atoms with van der Waals surface area (Å²) in [4.78, 5) is 29.9. The van der Waals surface area contributed by atoms with Gasteiger partial charge in [0, 0.05) is 43.5 Å². The van der Waals surface area contributed by atoms with Crippen molar-refractivity contribution >= 4 is 23.1 Å². The van der Waals surface area contributed by atoms with Crippen LogP contribution >= 0.6 is 0 Å². The molecule has 1 atom stereocenters. The van der Waals surface area contributed by atoms with Crippen LogP contribution in [0.5, 0.6) is 0 Å². The second-order valence-corrected chi connectivity index (χ2v) is 7.74. The van der Waals surface area contributed by atoms with E-state index in [0.29, 0.717) is 24.4 Å². The molecule has 1 amide bonds. The van der Waals surface area contributed by atoms with Crippen LogP contribution in [-0.4, -0.2) is 47.7 Å². The number of hydrogen-bond acceptors (Lipinski definition) is 7. The van der Waals surface area contributed by atoms with Crippen LogP contribution in [0.2, 0.25) is 0 Å². The second-order valence-electron chi connectivity index (χ2n) is 7.74. The van der Waals surface area contributed by atoms with Gasteiger partial charge in [0.1, 0.15) is 11.5 Å². The smallest absolute Gasteiger partial charge is 0.293 e. The van der Waals surface area contributed by atoms with Crippen molar-refractivity contribution in [3.8, 4) is 0 Å². The van der Waals surface area contributed by atoms with E-state index in [2.05, 4.69) is 20.5 Å². The Balaban J connectivity index is 1.41. The number of nitro groups is 1. The zero-order valence-electron chi connectivity index (χ0n) is 16.8. The van der Waals surface area contributed by atoms with Crippen molar-refractivity contribution in [3.05, 3.63) is 57.8 Å². The third kappa shape index (κ3) is 4.85. The van der Waals surface area contributed by atoms with Crippen LogP contribution in [0.15, 0.2) is 36.5 Å². The number of aromatic nitrogens is 1. The first-order chi connectivity index (χ1) is 14.5. The molecular formula is C21H25N5O4. The number of nitro benzene ring substituents is 1. The Hall–Kier alpha value is -3.20. The minimum absolute atomic E-state index is 0.120. The second kappa shape index (κ2) is 8.66. The van der Waals surface area contributed by atoms with E-state index in [4.69, 9.17) is 4.74 Å². The Kier molecular flexibility index (Phi) is 5.80. The van der Waals surface area contributed by atoms with Gasteiger partial charge in [-0.3, -0.25) is 14.9 Å². The molecule has 30 heavy (non-hydrogen) atoms. The fourth-order valence-corrected chi connectivity index (χ4v) is 3.40. The first-order valence-electron chi connectivity index (χ1n) is 10.1. The number of carbonyl (C=O) groups excluding carboxylic acids is 1. The van der Waals surface area contributed by atoms with Crippen molar-refractivity contribution in [3.63, 3.8) is 0 Å². The lowest BCUT2D eigenvalue weighted by molar-refractivity contribution is -0.384. The van der Waals surface area contributed by atoms with Gasteiger partial charge in [-0.15, -0.1) is 0 Å². The normalized spacial score (nSPS) is 18.7. The molecule has 9 heteroatoms. The number of ether oxygens (including phenoxy) is 1. The van der Waals surface area contributed by atoms with Crippen LogP contribution in [0, 0.1) is 10.1 Å². The number of amides is 1. The average Bonchev–Trinajstić information content (AvgIpc) is 3.56. The highest BCUT2D eigenvalue weighted by molar-refractivity contribution is 5.96. The van der Waals surface area contributed by atoms with Crippen LogP contribution in [0.25, 0.3) is 0 Å². The standard InChI is InChI=1S/C21H25N5O4/c1-14-13-25(8-9-30-14)20-7-2-15(12-23-20)11-22-18-6-3-16(10-19(18)26(28)29)21(27)24-17-4-5-17/h2-3,6-7,10,12,14,17,22H,4-5,8-9,11,13H2,1H3,(H,24,27). The predicted molar refractivity (Wildman–Crippen MR) is 113 cm³/mol. The predicted octanol–water partition coefficient (Wildman–Crippen LogP) is 2.72. The van der Waals surface area contributed by atoms with Crippen LogP contribution in [0.3, 0.4) is 0 Å². The molecule has 2 heterocycles. The van der Waals surface area contributed by atoms with Gasteiger partial charge in [-0.25, -0.2) is 4.98 Å². The summed E-state index contributed by atoms with van der Waals surface area (Å²) in [6.07, 6.45) is 3.87. The summed E-state index contributed by atoms with van der Waals surface area (Å²) >= 11 is 0. The molecule has 158 valence electrons. The van der Waals surface area contributed by atoms with E-state index in [-0.39, 0.29) is 23.7 Å². The Morgan fingerprint density at radius 1 is 1.33 bits per heavy atom. The molecule has 2 aliphatic rings. The molecule has 1 aliphatic heterocycles. The summed E-state index contributed by atoms with van der Waals surface area (Å²) in [5.41, 5.74) is 1.45. The fourth-order valence-electron chi connectivity index (χ4n) is 3.40. The molecule has 1 saturated carbocycles. The molecule has 1 saturated heterocycles.